The molecule has 0 fully saturated rings. The topological polar surface area (TPSA) is 72.9 Å². The monoisotopic (exact) mass is 376 g/mol. The Balaban J connectivity index is 1.91. The summed E-state index contributed by atoms with van der Waals surface area (Å²) in [6, 6.07) is 7.98. The first kappa shape index (κ1) is 16.2. The van der Waals surface area contributed by atoms with E-state index >= 15 is 0 Å². The second-order valence-electron chi connectivity index (χ2n) is 6.07. The molecule has 0 aliphatic heterocycles. The summed E-state index contributed by atoms with van der Waals surface area (Å²) in [5.41, 5.74) is 9.38. The summed E-state index contributed by atoms with van der Waals surface area (Å²) in [6.45, 7) is 3.16. The molecule has 1 amide bonds. The highest BCUT2D eigenvalue weighted by Gasteiger charge is 2.26. The second-order valence-corrected chi connectivity index (χ2v) is 6.99. The van der Waals surface area contributed by atoms with Gasteiger partial charge in [0.1, 0.15) is 0 Å². The van der Waals surface area contributed by atoms with Crippen LogP contribution in [-0.4, -0.2) is 28.8 Å². The Labute approximate surface area is 144 Å². The van der Waals surface area contributed by atoms with E-state index in [0.29, 0.717) is 18.8 Å². The number of rotatable bonds is 5. The lowest BCUT2D eigenvalue weighted by Gasteiger charge is -2.09. The smallest absolute Gasteiger partial charge is 0.272 e. The molecule has 1 aromatic carbocycles. The number of nitrogens with zero attached hydrogens (tertiary/aromatic N) is 2. The van der Waals surface area contributed by atoms with Crippen molar-refractivity contribution in [3.63, 3.8) is 0 Å². The van der Waals surface area contributed by atoms with Crippen molar-refractivity contribution >= 4 is 21.8 Å². The molecule has 6 heteroatoms. The number of nitrogens with one attached hydrogen (secondary N) is 1. The maximum atomic E-state index is 12.5. The first-order chi connectivity index (χ1) is 11.1. The van der Waals surface area contributed by atoms with Crippen molar-refractivity contribution in [3.05, 3.63) is 45.7 Å². The van der Waals surface area contributed by atoms with Gasteiger partial charge in [0.05, 0.1) is 5.69 Å². The highest BCUT2D eigenvalue weighted by Crippen LogP contribution is 2.28. The van der Waals surface area contributed by atoms with Crippen molar-refractivity contribution in [1.82, 2.24) is 15.1 Å². The van der Waals surface area contributed by atoms with E-state index in [1.54, 1.807) is 0 Å². The number of benzene rings is 1. The number of carbonyl (C=O) groups excluding carboxylic acids is 1. The van der Waals surface area contributed by atoms with Gasteiger partial charge < -0.3 is 11.1 Å². The van der Waals surface area contributed by atoms with Gasteiger partial charge in [0.2, 0.25) is 0 Å². The zero-order chi connectivity index (χ0) is 16.4. The van der Waals surface area contributed by atoms with Crippen LogP contribution in [0.2, 0.25) is 0 Å². The standard InChI is InChI=1S/C17H21BrN4O/c1-11(9-19)10-20-17(23)16-14-6-3-7-15(14)22(21-16)13-5-2-4-12(18)8-13/h2,4-5,8,11H,3,6-7,9-10,19H2,1H3,(H,20,23). The van der Waals surface area contributed by atoms with Gasteiger partial charge in [-0.05, 0) is 49.9 Å². The van der Waals surface area contributed by atoms with E-state index in [1.165, 1.54) is 0 Å². The maximum absolute atomic E-state index is 12.5. The average Bonchev–Trinajstić information content (AvgIpc) is 3.14. The summed E-state index contributed by atoms with van der Waals surface area (Å²) in [6.07, 6.45) is 2.94. The lowest BCUT2D eigenvalue weighted by Crippen LogP contribution is -2.32. The van der Waals surface area contributed by atoms with Gasteiger partial charge in [-0.2, -0.15) is 5.10 Å². The molecule has 1 unspecified atom stereocenters. The fourth-order valence-corrected chi connectivity index (χ4v) is 3.26. The van der Waals surface area contributed by atoms with E-state index in [2.05, 4.69) is 26.3 Å². The van der Waals surface area contributed by atoms with Gasteiger partial charge in [0, 0.05) is 22.3 Å². The third kappa shape index (κ3) is 3.33. The fraction of sp³-hybridized carbons (Fsp3) is 0.412. The lowest BCUT2D eigenvalue weighted by molar-refractivity contribution is 0.0942. The Bertz CT molecular complexity index is 725. The molecule has 2 aromatic rings. The van der Waals surface area contributed by atoms with Crippen LogP contribution in [-0.2, 0) is 12.8 Å². The van der Waals surface area contributed by atoms with Gasteiger partial charge in [-0.25, -0.2) is 4.68 Å². The van der Waals surface area contributed by atoms with Crippen molar-refractivity contribution in [2.24, 2.45) is 11.7 Å². The van der Waals surface area contributed by atoms with Crippen LogP contribution < -0.4 is 11.1 Å². The zero-order valence-corrected chi connectivity index (χ0v) is 14.8. The van der Waals surface area contributed by atoms with E-state index in [4.69, 9.17) is 5.73 Å². The first-order valence-corrected chi connectivity index (χ1v) is 8.74. The largest absolute Gasteiger partial charge is 0.350 e. The van der Waals surface area contributed by atoms with Crippen molar-refractivity contribution in [2.75, 3.05) is 13.1 Å². The summed E-state index contributed by atoms with van der Waals surface area (Å²) in [4.78, 5) is 12.5. The number of hydrogen-bond acceptors (Lipinski definition) is 3. The zero-order valence-electron chi connectivity index (χ0n) is 13.2. The molecular formula is C17H21BrN4O. The number of amides is 1. The molecule has 0 spiro atoms. The van der Waals surface area contributed by atoms with E-state index < -0.39 is 0 Å². The maximum Gasteiger partial charge on any atom is 0.272 e. The molecule has 1 aliphatic carbocycles. The van der Waals surface area contributed by atoms with Crippen LogP contribution in [0.3, 0.4) is 0 Å². The summed E-state index contributed by atoms with van der Waals surface area (Å²) in [5, 5.41) is 7.55. The number of carbonyl (C=O) groups is 1. The molecular weight excluding hydrogens is 356 g/mol. The van der Waals surface area contributed by atoms with E-state index in [0.717, 1.165) is 40.7 Å². The second kappa shape index (κ2) is 6.84. The Morgan fingerprint density at radius 1 is 1.48 bits per heavy atom. The van der Waals surface area contributed by atoms with Gasteiger partial charge in [-0.3, -0.25) is 4.79 Å². The molecule has 5 nitrogen and oxygen atoms in total. The summed E-state index contributed by atoms with van der Waals surface area (Å²) in [5.74, 6) is 0.163. The molecule has 122 valence electrons. The number of aromatic nitrogens is 2. The molecule has 1 aliphatic rings. The lowest BCUT2D eigenvalue weighted by atomic mass is 10.1. The fourth-order valence-electron chi connectivity index (χ4n) is 2.88. The van der Waals surface area contributed by atoms with E-state index in [9.17, 15) is 4.79 Å². The van der Waals surface area contributed by atoms with Crippen LogP contribution in [0, 0.1) is 5.92 Å². The normalized spacial score (nSPS) is 14.6. The van der Waals surface area contributed by atoms with Crippen LogP contribution in [0.25, 0.3) is 5.69 Å². The summed E-state index contributed by atoms with van der Waals surface area (Å²) in [7, 11) is 0. The molecule has 1 atom stereocenters. The Kier molecular flexibility index (Phi) is 4.82. The van der Waals surface area contributed by atoms with Gasteiger partial charge >= 0.3 is 0 Å². The minimum absolute atomic E-state index is 0.0998. The van der Waals surface area contributed by atoms with Crippen molar-refractivity contribution in [1.29, 1.82) is 0 Å². The minimum atomic E-state index is -0.0998. The molecule has 3 N–H and O–H groups in total. The summed E-state index contributed by atoms with van der Waals surface area (Å²) < 4.78 is 2.91. The van der Waals surface area contributed by atoms with Gasteiger partial charge in [0.15, 0.2) is 5.69 Å². The molecule has 3 rings (SSSR count). The molecule has 1 aromatic heterocycles. The van der Waals surface area contributed by atoms with Crippen LogP contribution in [0.1, 0.15) is 35.1 Å². The van der Waals surface area contributed by atoms with Gasteiger partial charge in [-0.15, -0.1) is 0 Å². The van der Waals surface area contributed by atoms with Crippen LogP contribution in [0.4, 0.5) is 0 Å². The Morgan fingerprint density at radius 3 is 3.04 bits per heavy atom. The minimum Gasteiger partial charge on any atom is -0.350 e. The number of nitrogens with two attached hydrogens (primary N) is 1. The Morgan fingerprint density at radius 2 is 2.30 bits per heavy atom. The SMILES string of the molecule is CC(CN)CNC(=O)c1nn(-c2cccc(Br)c2)c2c1CCC2. The van der Waals surface area contributed by atoms with E-state index in [1.807, 2.05) is 35.9 Å². The van der Waals surface area contributed by atoms with Crippen molar-refractivity contribution in [3.8, 4) is 5.69 Å². The van der Waals surface area contributed by atoms with Crippen LogP contribution >= 0.6 is 15.9 Å². The van der Waals surface area contributed by atoms with Crippen molar-refractivity contribution in [2.45, 2.75) is 26.2 Å². The van der Waals surface area contributed by atoms with Crippen molar-refractivity contribution < 1.29 is 4.79 Å². The molecule has 0 saturated heterocycles. The van der Waals surface area contributed by atoms with E-state index in [-0.39, 0.29) is 11.8 Å². The number of halogens is 1. The molecule has 1 heterocycles. The third-order valence-electron chi connectivity index (χ3n) is 4.21. The van der Waals surface area contributed by atoms with Gasteiger partial charge in [0.25, 0.3) is 5.91 Å². The first-order valence-electron chi connectivity index (χ1n) is 7.95. The Hall–Kier alpha value is -1.66. The molecule has 0 radical (unpaired) electrons. The predicted molar refractivity (Wildman–Crippen MR) is 93.8 cm³/mol. The van der Waals surface area contributed by atoms with Gasteiger partial charge in [-0.1, -0.05) is 28.9 Å². The quantitative estimate of drug-likeness (QED) is 0.841. The predicted octanol–water partition coefficient (Wildman–Crippen LogP) is 2.45. The number of hydrogen-bond donors (Lipinski definition) is 2. The highest BCUT2D eigenvalue weighted by atomic mass is 79.9. The third-order valence-corrected chi connectivity index (χ3v) is 4.70. The highest BCUT2D eigenvalue weighted by molar-refractivity contribution is 9.10. The average molecular weight is 377 g/mol. The van der Waals surface area contributed by atoms with Crippen LogP contribution in [0.15, 0.2) is 28.7 Å². The summed E-state index contributed by atoms with van der Waals surface area (Å²) >= 11 is 3.49. The number of fused-ring (bicyclic) bond motifs is 1. The molecule has 0 saturated carbocycles. The molecule has 23 heavy (non-hydrogen) atoms. The molecule has 0 bridgehead atoms. The van der Waals surface area contributed by atoms with Crippen LogP contribution in [0.5, 0.6) is 0 Å².